The third kappa shape index (κ3) is 3.81. The normalized spacial score (nSPS) is 17.1. The third-order valence-electron chi connectivity index (χ3n) is 4.04. The fraction of sp³-hybridized carbons (Fsp3) is 0.444. The van der Waals surface area contributed by atoms with E-state index in [-0.39, 0.29) is 23.4 Å². The largest absolute Gasteiger partial charge is 0.331 e. The van der Waals surface area contributed by atoms with Crippen molar-refractivity contribution in [3.63, 3.8) is 0 Å². The van der Waals surface area contributed by atoms with E-state index in [0.29, 0.717) is 10.7 Å². The first kappa shape index (κ1) is 17.8. The van der Waals surface area contributed by atoms with Crippen molar-refractivity contribution in [1.29, 1.82) is 0 Å². The molecule has 0 saturated carbocycles. The molecule has 1 unspecified atom stereocenters. The van der Waals surface area contributed by atoms with Crippen LogP contribution in [-0.2, 0) is 5.54 Å². The van der Waals surface area contributed by atoms with Crippen LogP contribution in [0.1, 0.15) is 44.5 Å². The lowest BCUT2D eigenvalue weighted by molar-refractivity contribution is 0.247. The van der Waals surface area contributed by atoms with Gasteiger partial charge in [0, 0.05) is 16.7 Å². The van der Waals surface area contributed by atoms with Gasteiger partial charge in [0.1, 0.15) is 11.6 Å². The van der Waals surface area contributed by atoms with Crippen molar-refractivity contribution < 1.29 is 9.18 Å². The van der Waals surface area contributed by atoms with Gasteiger partial charge in [-0.15, -0.1) is 11.8 Å². The van der Waals surface area contributed by atoms with Gasteiger partial charge in [-0.2, -0.15) is 5.10 Å². The summed E-state index contributed by atoms with van der Waals surface area (Å²) in [7, 11) is 0. The van der Waals surface area contributed by atoms with Gasteiger partial charge < -0.3 is 5.32 Å². The van der Waals surface area contributed by atoms with Crippen molar-refractivity contribution in [3.05, 3.63) is 41.3 Å². The molecular weight excluding hydrogens is 339 g/mol. The second-order valence-corrected chi connectivity index (χ2v) is 8.31. The Morgan fingerprint density at radius 2 is 2.16 bits per heavy atom. The SMILES string of the molecule is Cc1cc(NC(=O)NC2CCSc3c(F)cccc32)n(C(C)(C)C)n1. The van der Waals surface area contributed by atoms with Crippen LogP contribution in [0.2, 0.25) is 0 Å². The number of urea groups is 1. The minimum Gasteiger partial charge on any atom is -0.331 e. The van der Waals surface area contributed by atoms with Crippen LogP contribution in [0.3, 0.4) is 0 Å². The molecule has 2 aromatic rings. The number of nitrogens with one attached hydrogen (secondary N) is 2. The zero-order valence-electron chi connectivity index (χ0n) is 14.9. The molecule has 0 saturated heterocycles. The highest BCUT2D eigenvalue weighted by Crippen LogP contribution is 2.37. The molecule has 134 valence electrons. The van der Waals surface area contributed by atoms with Gasteiger partial charge in [-0.3, -0.25) is 5.32 Å². The molecule has 0 aliphatic carbocycles. The molecule has 1 aliphatic rings. The van der Waals surface area contributed by atoms with Crippen LogP contribution in [0, 0.1) is 12.7 Å². The van der Waals surface area contributed by atoms with E-state index >= 15 is 0 Å². The predicted molar refractivity (Wildman–Crippen MR) is 98.6 cm³/mol. The second-order valence-electron chi connectivity index (χ2n) is 7.20. The van der Waals surface area contributed by atoms with E-state index in [0.717, 1.165) is 23.4 Å². The Balaban J connectivity index is 1.76. The summed E-state index contributed by atoms with van der Waals surface area (Å²) in [6.07, 6.45) is 0.770. The van der Waals surface area contributed by atoms with Crippen LogP contribution in [-0.4, -0.2) is 21.6 Å². The Morgan fingerprint density at radius 3 is 2.88 bits per heavy atom. The van der Waals surface area contributed by atoms with Gasteiger partial charge in [-0.05, 0) is 45.7 Å². The summed E-state index contributed by atoms with van der Waals surface area (Å²) in [6, 6.07) is 6.36. The number of amides is 2. The molecule has 0 radical (unpaired) electrons. The van der Waals surface area contributed by atoms with E-state index < -0.39 is 0 Å². The Morgan fingerprint density at radius 1 is 1.40 bits per heavy atom. The number of nitrogens with zero attached hydrogens (tertiary/aromatic N) is 2. The van der Waals surface area contributed by atoms with Crippen molar-refractivity contribution in [2.45, 2.75) is 50.6 Å². The first-order valence-corrected chi connectivity index (χ1v) is 9.30. The van der Waals surface area contributed by atoms with Gasteiger partial charge in [-0.1, -0.05) is 12.1 Å². The van der Waals surface area contributed by atoms with Crippen LogP contribution in [0.5, 0.6) is 0 Å². The molecule has 25 heavy (non-hydrogen) atoms. The molecule has 1 aromatic carbocycles. The molecule has 2 heterocycles. The van der Waals surface area contributed by atoms with Crippen LogP contribution in [0.4, 0.5) is 15.0 Å². The number of rotatable bonds is 2. The average molecular weight is 362 g/mol. The highest BCUT2D eigenvalue weighted by molar-refractivity contribution is 7.99. The summed E-state index contributed by atoms with van der Waals surface area (Å²) in [6.45, 7) is 7.97. The molecular formula is C18H23FN4OS. The molecule has 1 atom stereocenters. The average Bonchev–Trinajstić information content (AvgIpc) is 2.89. The molecule has 0 spiro atoms. The molecule has 1 aliphatic heterocycles. The number of halogens is 1. The van der Waals surface area contributed by atoms with Crippen LogP contribution >= 0.6 is 11.8 Å². The van der Waals surface area contributed by atoms with Gasteiger partial charge in [0.15, 0.2) is 0 Å². The topological polar surface area (TPSA) is 59.0 Å². The summed E-state index contributed by atoms with van der Waals surface area (Å²) in [4.78, 5) is 13.1. The lowest BCUT2D eigenvalue weighted by Crippen LogP contribution is -2.36. The standard InChI is InChI=1S/C18H23FN4OS/c1-11-10-15(23(22-11)18(2,3)4)21-17(24)20-14-8-9-25-16-12(14)6-5-7-13(16)19/h5-7,10,14H,8-9H2,1-4H3,(H2,20,21,24). The Bertz CT molecular complexity index is 797. The zero-order chi connectivity index (χ0) is 18.2. The van der Waals surface area contributed by atoms with E-state index in [2.05, 4.69) is 15.7 Å². The third-order valence-corrected chi connectivity index (χ3v) is 5.20. The Kier molecular flexibility index (Phi) is 4.77. The smallest absolute Gasteiger partial charge is 0.320 e. The van der Waals surface area contributed by atoms with Crippen LogP contribution in [0.25, 0.3) is 0 Å². The first-order chi connectivity index (χ1) is 11.8. The number of aryl methyl sites for hydroxylation is 1. The highest BCUT2D eigenvalue weighted by Gasteiger charge is 2.25. The molecule has 7 heteroatoms. The van der Waals surface area contributed by atoms with Gasteiger partial charge >= 0.3 is 6.03 Å². The predicted octanol–water partition coefficient (Wildman–Crippen LogP) is 4.44. The quantitative estimate of drug-likeness (QED) is 0.830. The number of hydrogen-bond donors (Lipinski definition) is 2. The lowest BCUT2D eigenvalue weighted by atomic mass is 10.0. The van der Waals surface area contributed by atoms with E-state index in [1.807, 2.05) is 39.8 Å². The summed E-state index contributed by atoms with van der Waals surface area (Å²) >= 11 is 1.50. The number of anilines is 1. The Labute approximate surface area is 151 Å². The maximum Gasteiger partial charge on any atom is 0.320 e. The van der Waals surface area contributed by atoms with Crippen molar-refractivity contribution in [2.24, 2.45) is 0 Å². The minimum atomic E-state index is -0.308. The summed E-state index contributed by atoms with van der Waals surface area (Å²) in [5, 5.41) is 10.3. The second kappa shape index (κ2) is 6.71. The zero-order valence-corrected chi connectivity index (χ0v) is 15.7. The number of carbonyl (C=O) groups is 1. The number of hydrogen-bond acceptors (Lipinski definition) is 3. The van der Waals surface area contributed by atoms with E-state index in [1.165, 1.54) is 17.8 Å². The van der Waals surface area contributed by atoms with E-state index in [1.54, 1.807) is 10.7 Å². The van der Waals surface area contributed by atoms with Crippen LogP contribution < -0.4 is 10.6 Å². The van der Waals surface area contributed by atoms with E-state index in [4.69, 9.17) is 0 Å². The number of benzene rings is 1. The number of aromatic nitrogens is 2. The van der Waals surface area contributed by atoms with Crippen molar-refractivity contribution in [1.82, 2.24) is 15.1 Å². The fourth-order valence-corrected chi connectivity index (χ4v) is 4.09. The van der Waals surface area contributed by atoms with Gasteiger partial charge in [0.05, 0.1) is 17.3 Å². The molecule has 0 fully saturated rings. The van der Waals surface area contributed by atoms with Gasteiger partial charge in [0.2, 0.25) is 0 Å². The fourth-order valence-electron chi connectivity index (χ4n) is 2.95. The minimum absolute atomic E-state index is 0.195. The number of fused-ring (bicyclic) bond motifs is 1. The molecule has 0 bridgehead atoms. The molecule has 2 amide bonds. The Hall–Kier alpha value is -2.02. The molecule has 1 aromatic heterocycles. The van der Waals surface area contributed by atoms with Gasteiger partial charge in [0.25, 0.3) is 0 Å². The van der Waals surface area contributed by atoms with E-state index in [9.17, 15) is 9.18 Å². The highest BCUT2D eigenvalue weighted by atomic mass is 32.2. The molecule has 3 rings (SSSR count). The monoisotopic (exact) mass is 362 g/mol. The summed E-state index contributed by atoms with van der Waals surface area (Å²) in [5.74, 6) is 1.20. The van der Waals surface area contributed by atoms with Crippen molar-refractivity contribution in [3.8, 4) is 0 Å². The van der Waals surface area contributed by atoms with Crippen molar-refractivity contribution >= 4 is 23.6 Å². The summed E-state index contributed by atoms with van der Waals surface area (Å²) in [5.41, 5.74) is 1.44. The van der Waals surface area contributed by atoms with Gasteiger partial charge in [-0.25, -0.2) is 13.9 Å². The number of carbonyl (C=O) groups excluding carboxylic acids is 1. The molecule has 2 N–H and O–H groups in total. The van der Waals surface area contributed by atoms with Crippen molar-refractivity contribution in [2.75, 3.05) is 11.1 Å². The lowest BCUT2D eigenvalue weighted by Gasteiger charge is -2.27. The first-order valence-electron chi connectivity index (χ1n) is 8.31. The summed E-state index contributed by atoms with van der Waals surface area (Å²) < 4.78 is 15.8. The maximum absolute atomic E-state index is 14.0. The van der Waals surface area contributed by atoms with Crippen LogP contribution in [0.15, 0.2) is 29.2 Å². The number of thioether (sulfide) groups is 1. The maximum atomic E-state index is 14.0. The molecule has 5 nitrogen and oxygen atoms in total.